The molecule has 1 aromatic carbocycles. The summed E-state index contributed by atoms with van der Waals surface area (Å²) >= 11 is 0. The van der Waals surface area contributed by atoms with E-state index in [1.807, 2.05) is 6.07 Å². The highest BCUT2D eigenvalue weighted by atomic mass is 19.1. The van der Waals surface area contributed by atoms with E-state index in [4.69, 9.17) is 0 Å². The third-order valence-corrected chi connectivity index (χ3v) is 4.92. The van der Waals surface area contributed by atoms with Crippen molar-refractivity contribution in [2.45, 2.75) is 43.6 Å². The molecule has 2 fully saturated rings. The Hall–Kier alpha value is -2.57. The van der Waals surface area contributed by atoms with E-state index in [9.17, 15) is 13.6 Å². The van der Waals surface area contributed by atoms with Gasteiger partial charge < -0.3 is 5.32 Å². The molecule has 1 aromatic heterocycles. The fourth-order valence-corrected chi connectivity index (χ4v) is 3.29. The zero-order valence-corrected chi connectivity index (χ0v) is 13.6. The van der Waals surface area contributed by atoms with Crippen LogP contribution in [0.5, 0.6) is 0 Å². The molecule has 2 aromatic rings. The van der Waals surface area contributed by atoms with Gasteiger partial charge in [0, 0.05) is 11.5 Å². The molecule has 1 heterocycles. The summed E-state index contributed by atoms with van der Waals surface area (Å²) in [6.45, 7) is 0. The van der Waals surface area contributed by atoms with Crippen LogP contribution in [0.2, 0.25) is 0 Å². The number of amides is 2. The van der Waals surface area contributed by atoms with Crippen LogP contribution in [0.25, 0.3) is 0 Å². The van der Waals surface area contributed by atoms with Gasteiger partial charge in [-0.15, -0.1) is 5.10 Å². The minimum absolute atomic E-state index is 0.0773. The number of hydrogen-bond donors (Lipinski definition) is 2. The quantitative estimate of drug-likeness (QED) is 0.886. The fourth-order valence-electron chi connectivity index (χ4n) is 3.29. The molecule has 7 heteroatoms. The lowest BCUT2D eigenvalue weighted by molar-refractivity contribution is 0.175. The largest absolute Gasteiger partial charge is 0.328 e. The van der Waals surface area contributed by atoms with Gasteiger partial charge >= 0.3 is 6.03 Å². The highest BCUT2D eigenvalue weighted by Gasteiger charge is 2.44. The van der Waals surface area contributed by atoms with Crippen LogP contribution in [0.3, 0.4) is 0 Å². The molecule has 2 aliphatic carbocycles. The van der Waals surface area contributed by atoms with Crippen molar-refractivity contribution in [1.82, 2.24) is 15.5 Å². The Bertz CT molecular complexity index is 781. The van der Waals surface area contributed by atoms with E-state index in [0.29, 0.717) is 24.6 Å². The number of urea groups is 1. The molecule has 2 saturated carbocycles. The number of carbonyl (C=O) groups excluding carboxylic acids is 1. The molecule has 0 atom stereocenters. The number of nitrogens with zero attached hydrogens (tertiary/aromatic N) is 2. The molecule has 0 unspecified atom stereocenters. The molecule has 130 valence electrons. The number of carbonyl (C=O) groups is 1. The lowest BCUT2D eigenvalue weighted by Gasteiger charge is -2.43. The second-order valence-electron chi connectivity index (χ2n) is 6.73. The summed E-state index contributed by atoms with van der Waals surface area (Å²) in [6.07, 6.45) is 4.02. The van der Waals surface area contributed by atoms with E-state index < -0.39 is 23.2 Å². The van der Waals surface area contributed by atoms with Crippen LogP contribution < -0.4 is 10.6 Å². The number of nitrogens with one attached hydrogen (secondary N) is 2. The zero-order valence-electron chi connectivity index (χ0n) is 13.6. The molecular weight excluding hydrogens is 326 g/mol. The van der Waals surface area contributed by atoms with Crippen LogP contribution in [0, 0.1) is 11.6 Å². The zero-order chi connectivity index (χ0) is 17.4. The van der Waals surface area contributed by atoms with Crippen molar-refractivity contribution < 1.29 is 13.6 Å². The summed E-state index contributed by atoms with van der Waals surface area (Å²) < 4.78 is 28.3. The van der Waals surface area contributed by atoms with Gasteiger partial charge in [-0.3, -0.25) is 5.32 Å². The molecule has 0 saturated heterocycles. The molecule has 0 radical (unpaired) electrons. The van der Waals surface area contributed by atoms with Crippen molar-refractivity contribution in [3.63, 3.8) is 0 Å². The SMILES string of the molecule is O=C(Nc1ccc(C2CC2)nn1)NC1(c2c(F)cccc2F)CCC1. The van der Waals surface area contributed by atoms with Crippen molar-refractivity contribution >= 4 is 11.8 Å². The van der Waals surface area contributed by atoms with Gasteiger partial charge in [0.15, 0.2) is 5.82 Å². The number of halogens is 2. The summed E-state index contributed by atoms with van der Waals surface area (Å²) in [5, 5.41) is 13.4. The topological polar surface area (TPSA) is 66.9 Å². The molecular formula is C18H18F2N4O. The first-order valence-electron chi connectivity index (χ1n) is 8.45. The van der Waals surface area contributed by atoms with Crippen LogP contribution in [0.15, 0.2) is 30.3 Å². The predicted octanol–water partition coefficient (Wildman–Crippen LogP) is 3.83. The lowest BCUT2D eigenvalue weighted by Crippen LogP contribution is -2.53. The average molecular weight is 344 g/mol. The molecule has 5 nitrogen and oxygen atoms in total. The molecule has 2 amide bonds. The predicted molar refractivity (Wildman–Crippen MR) is 88.0 cm³/mol. The number of rotatable bonds is 4. The summed E-state index contributed by atoms with van der Waals surface area (Å²) in [5.74, 6) is -0.495. The summed E-state index contributed by atoms with van der Waals surface area (Å²) in [5.41, 5.74) is -0.164. The summed E-state index contributed by atoms with van der Waals surface area (Å²) in [4.78, 5) is 12.3. The Morgan fingerprint density at radius 1 is 1.08 bits per heavy atom. The highest BCUT2D eigenvalue weighted by molar-refractivity contribution is 5.88. The Kier molecular flexibility index (Phi) is 3.86. The number of anilines is 1. The fraction of sp³-hybridized carbons (Fsp3) is 0.389. The van der Waals surface area contributed by atoms with Crippen LogP contribution in [0.1, 0.15) is 49.3 Å². The second-order valence-corrected chi connectivity index (χ2v) is 6.73. The van der Waals surface area contributed by atoms with E-state index in [0.717, 1.165) is 25.0 Å². The molecule has 4 rings (SSSR count). The Balaban J connectivity index is 1.48. The van der Waals surface area contributed by atoms with E-state index in [2.05, 4.69) is 20.8 Å². The van der Waals surface area contributed by atoms with Crippen LogP contribution in [-0.2, 0) is 5.54 Å². The van der Waals surface area contributed by atoms with Gasteiger partial charge in [0.05, 0.1) is 11.2 Å². The van der Waals surface area contributed by atoms with Crippen molar-refractivity contribution in [2.75, 3.05) is 5.32 Å². The van der Waals surface area contributed by atoms with Gasteiger partial charge in [-0.25, -0.2) is 13.6 Å². The van der Waals surface area contributed by atoms with Gasteiger partial charge in [-0.1, -0.05) is 6.07 Å². The van der Waals surface area contributed by atoms with Gasteiger partial charge in [0.1, 0.15) is 11.6 Å². The van der Waals surface area contributed by atoms with E-state index in [-0.39, 0.29) is 5.56 Å². The first-order valence-corrected chi connectivity index (χ1v) is 8.45. The smallest absolute Gasteiger partial charge is 0.321 e. The van der Waals surface area contributed by atoms with Crippen molar-refractivity contribution in [1.29, 1.82) is 0 Å². The maximum absolute atomic E-state index is 14.1. The van der Waals surface area contributed by atoms with Gasteiger partial charge in [-0.05, 0) is 56.4 Å². The third kappa shape index (κ3) is 3.06. The maximum Gasteiger partial charge on any atom is 0.321 e. The van der Waals surface area contributed by atoms with Gasteiger partial charge in [-0.2, -0.15) is 5.10 Å². The summed E-state index contributed by atoms with van der Waals surface area (Å²) in [7, 11) is 0. The van der Waals surface area contributed by atoms with Crippen molar-refractivity contribution in [3.8, 4) is 0 Å². The van der Waals surface area contributed by atoms with Crippen LogP contribution in [0.4, 0.5) is 19.4 Å². The van der Waals surface area contributed by atoms with Gasteiger partial charge in [0.25, 0.3) is 0 Å². The second kappa shape index (κ2) is 6.06. The van der Waals surface area contributed by atoms with E-state index in [1.54, 1.807) is 6.07 Å². The number of benzene rings is 1. The molecule has 2 N–H and O–H groups in total. The summed E-state index contributed by atoms with van der Waals surface area (Å²) in [6, 6.07) is 6.72. The molecule has 0 aliphatic heterocycles. The van der Waals surface area contributed by atoms with Gasteiger partial charge in [0.2, 0.25) is 0 Å². The van der Waals surface area contributed by atoms with Crippen LogP contribution in [-0.4, -0.2) is 16.2 Å². The first kappa shape index (κ1) is 15.9. The normalized spacial score (nSPS) is 18.3. The number of aromatic nitrogens is 2. The monoisotopic (exact) mass is 344 g/mol. The lowest BCUT2D eigenvalue weighted by atomic mass is 9.71. The minimum atomic E-state index is -1.01. The van der Waals surface area contributed by atoms with Crippen LogP contribution >= 0.6 is 0 Å². The highest BCUT2D eigenvalue weighted by Crippen LogP contribution is 2.43. The molecule has 0 bridgehead atoms. The maximum atomic E-state index is 14.1. The first-order chi connectivity index (χ1) is 12.1. The Morgan fingerprint density at radius 2 is 1.80 bits per heavy atom. The molecule has 2 aliphatic rings. The number of hydrogen-bond acceptors (Lipinski definition) is 3. The Labute approximate surface area is 143 Å². The average Bonchev–Trinajstić information content (AvgIpc) is 3.37. The minimum Gasteiger partial charge on any atom is -0.328 e. The van der Waals surface area contributed by atoms with E-state index >= 15 is 0 Å². The third-order valence-electron chi connectivity index (χ3n) is 4.92. The molecule has 25 heavy (non-hydrogen) atoms. The van der Waals surface area contributed by atoms with E-state index in [1.165, 1.54) is 18.2 Å². The Morgan fingerprint density at radius 3 is 2.32 bits per heavy atom. The van der Waals surface area contributed by atoms with Crippen molar-refractivity contribution in [2.24, 2.45) is 0 Å². The van der Waals surface area contributed by atoms with Crippen molar-refractivity contribution in [3.05, 3.63) is 53.2 Å². The standard InChI is InChI=1S/C18H18F2N4O/c19-12-3-1-4-13(20)16(12)18(9-2-10-18)22-17(25)21-15-8-7-14(23-24-15)11-5-6-11/h1,3-4,7-8,11H,2,5-6,9-10H2,(H2,21,22,24,25). The molecule has 0 spiro atoms.